The average Bonchev–Trinajstić information content (AvgIpc) is 2.37. The van der Waals surface area contributed by atoms with Gasteiger partial charge in [0, 0.05) is 12.1 Å². The summed E-state index contributed by atoms with van der Waals surface area (Å²) in [5.74, 6) is 0.898. The molecule has 0 aliphatic carbocycles. The number of Topliss-reactive ketones (excluding diaryl/α,β-unsaturated/α-hetero) is 1. The van der Waals surface area contributed by atoms with Gasteiger partial charge in [0.05, 0.1) is 25.7 Å². The monoisotopic (exact) mass is 249 g/mol. The van der Waals surface area contributed by atoms with Gasteiger partial charge >= 0.3 is 0 Å². The van der Waals surface area contributed by atoms with Gasteiger partial charge in [-0.2, -0.15) is 0 Å². The SMILES string of the molecule is CCc1cc(C(=O)C2(CN)COC2)ccc1OC. The Morgan fingerprint density at radius 1 is 1.50 bits per heavy atom. The second kappa shape index (κ2) is 5.08. The van der Waals surface area contributed by atoms with Crippen molar-refractivity contribution in [1.29, 1.82) is 0 Å². The summed E-state index contributed by atoms with van der Waals surface area (Å²) in [6.45, 7) is 3.22. The lowest BCUT2D eigenvalue weighted by Gasteiger charge is -2.38. The van der Waals surface area contributed by atoms with Gasteiger partial charge in [-0.05, 0) is 30.2 Å². The molecule has 0 saturated carbocycles. The molecule has 2 N–H and O–H groups in total. The summed E-state index contributed by atoms with van der Waals surface area (Å²) < 4.78 is 10.4. The van der Waals surface area contributed by atoms with Crippen LogP contribution >= 0.6 is 0 Å². The molecule has 0 spiro atoms. The van der Waals surface area contributed by atoms with Crippen LogP contribution in [0.2, 0.25) is 0 Å². The highest BCUT2D eigenvalue weighted by Crippen LogP contribution is 2.32. The third kappa shape index (κ3) is 2.02. The first-order chi connectivity index (χ1) is 8.66. The first kappa shape index (κ1) is 13.1. The van der Waals surface area contributed by atoms with Crippen LogP contribution in [-0.2, 0) is 11.2 Å². The Kier molecular flexibility index (Phi) is 3.68. The van der Waals surface area contributed by atoms with E-state index in [1.165, 1.54) is 0 Å². The van der Waals surface area contributed by atoms with E-state index < -0.39 is 5.41 Å². The number of benzene rings is 1. The number of aryl methyl sites for hydroxylation is 1. The molecule has 0 aromatic heterocycles. The van der Waals surface area contributed by atoms with E-state index in [0.717, 1.165) is 17.7 Å². The average molecular weight is 249 g/mol. The van der Waals surface area contributed by atoms with E-state index >= 15 is 0 Å². The molecule has 1 aromatic carbocycles. The lowest BCUT2D eigenvalue weighted by atomic mass is 9.78. The maximum Gasteiger partial charge on any atom is 0.174 e. The van der Waals surface area contributed by atoms with Gasteiger partial charge in [-0.1, -0.05) is 6.92 Å². The largest absolute Gasteiger partial charge is 0.496 e. The molecule has 18 heavy (non-hydrogen) atoms. The van der Waals surface area contributed by atoms with Crippen LogP contribution < -0.4 is 10.5 Å². The van der Waals surface area contributed by atoms with Gasteiger partial charge in [0.1, 0.15) is 5.75 Å². The molecule has 0 bridgehead atoms. The fourth-order valence-corrected chi connectivity index (χ4v) is 2.19. The smallest absolute Gasteiger partial charge is 0.174 e. The number of carbonyl (C=O) groups is 1. The highest BCUT2D eigenvalue weighted by atomic mass is 16.5. The van der Waals surface area contributed by atoms with Crippen molar-refractivity contribution in [3.8, 4) is 5.75 Å². The minimum atomic E-state index is -0.514. The van der Waals surface area contributed by atoms with Crippen molar-refractivity contribution in [2.24, 2.45) is 11.1 Å². The molecule has 98 valence electrons. The molecule has 0 atom stereocenters. The van der Waals surface area contributed by atoms with Gasteiger partial charge in [-0.15, -0.1) is 0 Å². The first-order valence-corrected chi connectivity index (χ1v) is 6.16. The zero-order valence-electron chi connectivity index (χ0n) is 10.9. The van der Waals surface area contributed by atoms with Gasteiger partial charge in [0.2, 0.25) is 0 Å². The molecule has 0 unspecified atom stereocenters. The number of carbonyl (C=O) groups excluding carboxylic acids is 1. The molecule has 4 nitrogen and oxygen atoms in total. The minimum absolute atomic E-state index is 0.0774. The standard InChI is InChI=1S/C14H19NO3/c1-3-10-6-11(4-5-12(10)17-2)13(16)14(7-15)8-18-9-14/h4-6H,3,7-9,15H2,1-2H3. The lowest BCUT2D eigenvalue weighted by Crippen LogP contribution is -2.54. The zero-order valence-corrected chi connectivity index (χ0v) is 10.9. The molecule has 0 radical (unpaired) electrons. The quantitative estimate of drug-likeness (QED) is 0.802. The predicted octanol–water partition coefficient (Wildman–Crippen LogP) is 1.42. The second-order valence-electron chi connectivity index (χ2n) is 4.69. The number of ether oxygens (including phenoxy) is 2. The molecule has 1 aliphatic heterocycles. The molecular weight excluding hydrogens is 230 g/mol. The molecule has 2 rings (SSSR count). The number of ketones is 1. The maximum atomic E-state index is 12.4. The van der Waals surface area contributed by atoms with Crippen molar-refractivity contribution < 1.29 is 14.3 Å². The number of nitrogens with two attached hydrogens (primary N) is 1. The number of hydrogen-bond acceptors (Lipinski definition) is 4. The van der Waals surface area contributed by atoms with E-state index in [4.69, 9.17) is 15.2 Å². The lowest BCUT2D eigenvalue weighted by molar-refractivity contribution is -0.0816. The molecular formula is C14H19NO3. The van der Waals surface area contributed by atoms with E-state index in [0.29, 0.717) is 25.3 Å². The Morgan fingerprint density at radius 2 is 2.22 bits per heavy atom. The number of methoxy groups -OCH3 is 1. The van der Waals surface area contributed by atoms with Crippen LogP contribution in [0.4, 0.5) is 0 Å². The van der Waals surface area contributed by atoms with Crippen molar-refractivity contribution >= 4 is 5.78 Å². The van der Waals surface area contributed by atoms with Gasteiger partial charge < -0.3 is 15.2 Å². The number of hydrogen-bond donors (Lipinski definition) is 1. The van der Waals surface area contributed by atoms with Crippen molar-refractivity contribution in [3.05, 3.63) is 29.3 Å². The summed E-state index contributed by atoms with van der Waals surface area (Å²) in [5, 5.41) is 0. The van der Waals surface area contributed by atoms with Crippen LogP contribution in [0.5, 0.6) is 5.75 Å². The minimum Gasteiger partial charge on any atom is -0.496 e. The zero-order chi connectivity index (χ0) is 13.2. The molecule has 1 aromatic rings. The van der Waals surface area contributed by atoms with E-state index in [2.05, 4.69) is 0 Å². The predicted molar refractivity (Wildman–Crippen MR) is 69.0 cm³/mol. The fraction of sp³-hybridized carbons (Fsp3) is 0.500. The summed E-state index contributed by atoms with van der Waals surface area (Å²) >= 11 is 0. The molecule has 1 fully saturated rings. The normalized spacial score (nSPS) is 17.1. The summed E-state index contributed by atoms with van der Waals surface area (Å²) in [4.78, 5) is 12.4. The summed E-state index contributed by atoms with van der Waals surface area (Å²) in [6, 6.07) is 5.54. The molecule has 0 amide bonds. The Morgan fingerprint density at radius 3 is 2.67 bits per heavy atom. The van der Waals surface area contributed by atoms with Crippen LogP contribution in [0, 0.1) is 5.41 Å². The van der Waals surface area contributed by atoms with Crippen molar-refractivity contribution in [1.82, 2.24) is 0 Å². The molecule has 1 saturated heterocycles. The second-order valence-corrected chi connectivity index (χ2v) is 4.69. The van der Waals surface area contributed by atoms with Crippen LogP contribution in [-0.4, -0.2) is 32.7 Å². The van der Waals surface area contributed by atoms with Crippen LogP contribution in [0.3, 0.4) is 0 Å². The van der Waals surface area contributed by atoms with Gasteiger partial charge in [0.25, 0.3) is 0 Å². The summed E-state index contributed by atoms with van der Waals surface area (Å²) in [7, 11) is 1.64. The van der Waals surface area contributed by atoms with Gasteiger partial charge in [0.15, 0.2) is 5.78 Å². The Bertz CT molecular complexity index is 447. The fourth-order valence-electron chi connectivity index (χ4n) is 2.19. The number of rotatable bonds is 5. The van der Waals surface area contributed by atoms with Crippen molar-refractivity contribution in [3.63, 3.8) is 0 Å². The van der Waals surface area contributed by atoms with Crippen molar-refractivity contribution in [2.75, 3.05) is 26.9 Å². The maximum absolute atomic E-state index is 12.4. The first-order valence-electron chi connectivity index (χ1n) is 6.16. The topological polar surface area (TPSA) is 61.6 Å². The Labute approximate surface area is 107 Å². The van der Waals surface area contributed by atoms with Gasteiger partial charge in [-0.25, -0.2) is 0 Å². The molecule has 1 aliphatic rings. The summed E-state index contributed by atoms with van der Waals surface area (Å²) in [6.07, 6.45) is 0.830. The Balaban J connectivity index is 2.31. The Hall–Kier alpha value is -1.39. The van der Waals surface area contributed by atoms with Crippen LogP contribution in [0.25, 0.3) is 0 Å². The highest BCUT2D eigenvalue weighted by Gasteiger charge is 2.44. The van der Waals surface area contributed by atoms with E-state index in [-0.39, 0.29) is 5.78 Å². The van der Waals surface area contributed by atoms with Crippen molar-refractivity contribution in [2.45, 2.75) is 13.3 Å². The van der Waals surface area contributed by atoms with Crippen LogP contribution in [0.15, 0.2) is 18.2 Å². The van der Waals surface area contributed by atoms with E-state index in [9.17, 15) is 4.79 Å². The van der Waals surface area contributed by atoms with E-state index in [1.54, 1.807) is 13.2 Å². The third-order valence-corrected chi connectivity index (χ3v) is 3.55. The molecule has 4 heteroatoms. The van der Waals surface area contributed by atoms with Gasteiger partial charge in [-0.3, -0.25) is 4.79 Å². The summed E-state index contributed by atoms with van der Waals surface area (Å²) in [5.41, 5.74) is 6.93. The highest BCUT2D eigenvalue weighted by molar-refractivity contribution is 6.01. The third-order valence-electron chi connectivity index (χ3n) is 3.55. The van der Waals surface area contributed by atoms with Crippen LogP contribution in [0.1, 0.15) is 22.8 Å². The van der Waals surface area contributed by atoms with E-state index in [1.807, 2.05) is 19.1 Å². The molecule has 1 heterocycles.